The van der Waals surface area contributed by atoms with Gasteiger partial charge in [-0.3, -0.25) is 9.59 Å². The van der Waals surface area contributed by atoms with Crippen LogP contribution in [0.25, 0.3) is 0 Å². The molecule has 27 heavy (non-hydrogen) atoms. The molecule has 0 bridgehead atoms. The fourth-order valence-electron chi connectivity index (χ4n) is 2.57. The average Bonchev–Trinajstić information content (AvgIpc) is 2.69. The maximum absolute atomic E-state index is 13.6. The van der Waals surface area contributed by atoms with Gasteiger partial charge in [0, 0.05) is 23.4 Å². The predicted octanol–water partition coefficient (Wildman–Crippen LogP) is 4.32. The van der Waals surface area contributed by atoms with Crippen molar-refractivity contribution in [2.45, 2.75) is 13.5 Å². The number of aryl methyl sites for hydroxylation is 1. The molecule has 5 heteroatoms. The summed E-state index contributed by atoms with van der Waals surface area (Å²) in [6, 6.07) is 20.5. The number of carbonyl (C=O) groups excluding carboxylic acids is 2. The van der Waals surface area contributed by atoms with Gasteiger partial charge in [-0.1, -0.05) is 36.4 Å². The second kappa shape index (κ2) is 8.27. The molecule has 3 aromatic rings. The van der Waals surface area contributed by atoms with Crippen LogP contribution in [0.3, 0.4) is 0 Å². The number of amides is 2. The van der Waals surface area contributed by atoms with Crippen molar-refractivity contribution in [2.75, 3.05) is 5.32 Å². The molecule has 0 radical (unpaired) electrons. The van der Waals surface area contributed by atoms with Crippen LogP contribution in [-0.4, -0.2) is 11.8 Å². The average molecular weight is 362 g/mol. The molecule has 0 saturated heterocycles. The van der Waals surface area contributed by atoms with Gasteiger partial charge < -0.3 is 10.6 Å². The summed E-state index contributed by atoms with van der Waals surface area (Å²) in [6.45, 7) is 1.88. The molecule has 0 spiro atoms. The Kier molecular flexibility index (Phi) is 5.61. The van der Waals surface area contributed by atoms with Crippen LogP contribution in [-0.2, 0) is 6.54 Å². The number of nitrogens with one attached hydrogen (secondary N) is 2. The first-order valence-electron chi connectivity index (χ1n) is 8.52. The molecular formula is C22H19FN2O2. The third-order valence-electron chi connectivity index (χ3n) is 4.11. The van der Waals surface area contributed by atoms with Crippen LogP contribution in [0.1, 0.15) is 31.8 Å². The van der Waals surface area contributed by atoms with Crippen LogP contribution in [0, 0.1) is 12.7 Å². The van der Waals surface area contributed by atoms with E-state index in [9.17, 15) is 14.0 Å². The summed E-state index contributed by atoms with van der Waals surface area (Å²) in [6.07, 6.45) is 0. The zero-order valence-electron chi connectivity index (χ0n) is 14.8. The van der Waals surface area contributed by atoms with E-state index in [0.717, 1.165) is 5.56 Å². The van der Waals surface area contributed by atoms with Crippen molar-refractivity contribution in [2.24, 2.45) is 0 Å². The van der Waals surface area contributed by atoms with Gasteiger partial charge in [-0.25, -0.2) is 4.39 Å². The highest BCUT2D eigenvalue weighted by molar-refractivity contribution is 6.04. The minimum atomic E-state index is -0.415. The van der Waals surface area contributed by atoms with Gasteiger partial charge >= 0.3 is 0 Å². The minimum Gasteiger partial charge on any atom is -0.348 e. The molecule has 0 unspecified atom stereocenters. The lowest BCUT2D eigenvalue weighted by Gasteiger charge is -2.09. The first-order valence-corrected chi connectivity index (χ1v) is 8.52. The standard InChI is InChI=1S/C22H19FN2O2/c1-15-10-11-18(13-20(15)23)21(26)24-14-16-6-5-7-17(12-16)22(27)25-19-8-3-2-4-9-19/h2-13H,14H2,1H3,(H,24,26)(H,25,27). The third kappa shape index (κ3) is 4.79. The minimum absolute atomic E-state index is 0.227. The summed E-state index contributed by atoms with van der Waals surface area (Å²) in [5.41, 5.74) is 2.73. The molecule has 0 aliphatic heterocycles. The van der Waals surface area contributed by atoms with Crippen molar-refractivity contribution < 1.29 is 14.0 Å². The molecule has 3 rings (SSSR count). The fourth-order valence-corrected chi connectivity index (χ4v) is 2.57. The van der Waals surface area contributed by atoms with Crippen molar-refractivity contribution in [3.63, 3.8) is 0 Å². The molecule has 0 atom stereocenters. The van der Waals surface area contributed by atoms with E-state index in [1.165, 1.54) is 6.07 Å². The molecule has 0 aliphatic rings. The normalized spacial score (nSPS) is 10.3. The SMILES string of the molecule is Cc1ccc(C(=O)NCc2cccc(C(=O)Nc3ccccc3)c2)cc1F. The summed E-state index contributed by atoms with van der Waals surface area (Å²) in [4.78, 5) is 24.5. The topological polar surface area (TPSA) is 58.2 Å². The number of benzene rings is 3. The molecule has 0 aromatic heterocycles. The van der Waals surface area contributed by atoms with Crippen LogP contribution >= 0.6 is 0 Å². The van der Waals surface area contributed by atoms with Gasteiger partial charge in [-0.2, -0.15) is 0 Å². The van der Waals surface area contributed by atoms with Crippen LogP contribution in [0.15, 0.2) is 72.8 Å². The Bertz CT molecular complexity index is 971. The Balaban J connectivity index is 1.64. The third-order valence-corrected chi connectivity index (χ3v) is 4.11. The lowest BCUT2D eigenvalue weighted by atomic mass is 10.1. The lowest BCUT2D eigenvalue weighted by molar-refractivity contribution is 0.0950. The number of para-hydroxylation sites is 1. The number of carbonyl (C=O) groups is 2. The molecule has 136 valence electrons. The second-order valence-electron chi connectivity index (χ2n) is 6.17. The first-order chi connectivity index (χ1) is 13.0. The zero-order chi connectivity index (χ0) is 19.2. The van der Waals surface area contributed by atoms with E-state index in [2.05, 4.69) is 10.6 Å². The van der Waals surface area contributed by atoms with Crippen LogP contribution in [0.4, 0.5) is 10.1 Å². The molecule has 4 nitrogen and oxygen atoms in total. The molecule has 0 aliphatic carbocycles. The number of rotatable bonds is 5. The predicted molar refractivity (Wildman–Crippen MR) is 103 cm³/mol. The van der Waals surface area contributed by atoms with E-state index in [1.807, 2.05) is 36.4 Å². The van der Waals surface area contributed by atoms with Gasteiger partial charge in [0.1, 0.15) is 5.82 Å². The van der Waals surface area contributed by atoms with E-state index in [1.54, 1.807) is 37.3 Å². The van der Waals surface area contributed by atoms with Crippen molar-refractivity contribution in [3.05, 3.63) is 101 Å². The smallest absolute Gasteiger partial charge is 0.255 e. The second-order valence-corrected chi connectivity index (χ2v) is 6.17. The quantitative estimate of drug-likeness (QED) is 0.710. The summed E-state index contributed by atoms with van der Waals surface area (Å²) >= 11 is 0. The largest absolute Gasteiger partial charge is 0.348 e. The van der Waals surface area contributed by atoms with Gasteiger partial charge in [0.2, 0.25) is 0 Å². The van der Waals surface area contributed by atoms with E-state index in [4.69, 9.17) is 0 Å². The first kappa shape index (κ1) is 18.3. The van der Waals surface area contributed by atoms with E-state index >= 15 is 0 Å². The Morgan fingerprint density at radius 1 is 0.852 bits per heavy atom. The van der Waals surface area contributed by atoms with Crippen molar-refractivity contribution in [1.82, 2.24) is 5.32 Å². The molecule has 0 saturated carbocycles. The van der Waals surface area contributed by atoms with Crippen LogP contribution in [0.5, 0.6) is 0 Å². The maximum atomic E-state index is 13.6. The van der Waals surface area contributed by atoms with E-state index in [0.29, 0.717) is 16.8 Å². The van der Waals surface area contributed by atoms with Gasteiger partial charge in [0.25, 0.3) is 11.8 Å². The fraction of sp³-hybridized carbons (Fsp3) is 0.0909. The van der Waals surface area contributed by atoms with Crippen molar-refractivity contribution in [3.8, 4) is 0 Å². The Morgan fingerprint density at radius 2 is 1.59 bits per heavy atom. The Labute approximate surface area is 157 Å². The summed E-state index contributed by atoms with van der Waals surface area (Å²) < 4.78 is 13.6. The number of hydrogen-bond donors (Lipinski definition) is 2. The molecule has 2 N–H and O–H groups in total. The zero-order valence-corrected chi connectivity index (χ0v) is 14.8. The monoisotopic (exact) mass is 362 g/mol. The van der Waals surface area contributed by atoms with Gasteiger partial charge in [0.15, 0.2) is 0 Å². The van der Waals surface area contributed by atoms with Crippen LogP contribution in [0.2, 0.25) is 0 Å². The highest BCUT2D eigenvalue weighted by Gasteiger charge is 2.10. The Morgan fingerprint density at radius 3 is 2.33 bits per heavy atom. The lowest BCUT2D eigenvalue weighted by Crippen LogP contribution is -2.23. The Hall–Kier alpha value is -3.47. The summed E-state index contributed by atoms with van der Waals surface area (Å²) in [5.74, 6) is -1.01. The summed E-state index contributed by atoms with van der Waals surface area (Å²) in [5, 5.41) is 5.56. The highest BCUT2D eigenvalue weighted by Crippen LogP contribution is 2.12. The molecular weight excluding hydrogens is 343 g/mol. The van der Waals surface area contributed by atoms with E-state index < -0.39 is 5.82 Å². The summed E-state index contributed by atoms with van der Waals surface area (Å²) in [7, 11) is 0. The maximum Gasteiger partial charge on any atom is 0.255 e. The highest BCUT2D eigenvalue weighted by atomic mass is 19.1. The van der Waals surface area contributed by atoms with E-state index in [-0.39, 0.29) is 23.9 Å². The van der Waals surface area contributed by atoms with Gasteiger partial charge in [0.05, 0.1) is 0 Å². The van der Waals surface area contributed by atoms with Crippen molar-refractivity contribution in [1.29, 1.82) is 0 Å². The van der Waals surface area contributed by atoms with Crippen molar-refractivity contribution >= 4 is 17.5 Å². The molecule has 0 fully saturated rings. The van der Waals surface area contributed by atoms with Gasteiger partial charge in [-0.05, 0) is 54.4 Å². The van der Waals surface area contributed by atoms with Gasteiger partial charge in [-0.15, -0.1) is 0 Å². The van der Waals surface area contributed by atoms with Crippen LogP contribution < -0.4 is 10.6 Å². The molecule has 0 heterocycles. The number of anilines is 1. The number of hydrogen-bond acceptors (Lipinski definition) is 2. The molecule has 2 amide bonds. The molecule has 3 aromatic carbocycles. The number of halogens is 1.